The highest BCUT2D eigenvalue weighted by Crippen LogP contribution is 2.41. The second-order valence-electron chi connectivity index (χ2n) is 9.59. The number of carbonyl (C=O) groups excluding carboxylic acids is 2. The first kappa shape index (κ1) is 24.7. The van der Waals surface area contributed by atoms with Crippen LogP contribution in [-0.2, 0) is 22.6 Å². The molecule has 0 unspecified atom stereocenters. The summed E-state index contributed by atoms with van der Waals surface area (Å²) in [6.45, 7) is 4.86. The zero-order valence-corrected chi connectivity index (χ0v) is 21.1. The number of likely N-dealkylation sites (tertiary alicyclic amines) is 1. The summed E-state index contributed by atoms with van der Waals surface area (Å²) in [5, 5.41) is 11.4. The molecule has 3 heterocycles. The number of benzene rings is 2. The summed E-state index contributed by atoms with van der Waals surface area (Å²) in [6.07, 6.45) is 5.49. The van der Waals surface area contributed by atoms with Gasteiger partial charge in [0.1, 0.15) is 29.1 Å². The number of unbranched alkanes of at least 4 members (excludes halogenated alkanes) is 2. The monoisotopic (exact) mass is 501 g/mol. The molecule has 192 valence electrons. The number of carbonyl (C=O) groups is 2. The molecule has 7 nitrogen and oxygen atoms in total. The van der Waals surface area contributed by atoms with Crippen molar-refractivity contribution >= 4 is 17.4 Å². The lowest BCUT2D eigenvalue weighted by molar-refractivity contribution is -0.140. The molecule has 1 aromatic heterocycles. The van der Waals surface area contributed by atoms with Crippen molar-refractivity contribution in [1.29, 1.82) is 0 Å². The van der Waals surface area contributed by atoms with Crippen LogP contribution in [0.2, 0.25) is 0 Å². The Morgan fingerprint density at radius 3 is 2.65 bits per heavy atom. The fourth-order valence-corrected chi connectivity index (χ4v) is 4.97. The summed E-state index contributed by atoms with van der Waals surface area (Å²) < 4.78 is 17.1. The number of hydrogen-bond donors (Lipinski definition) is 1. The van der Waals surface area contributed by atoms with Crippen molar-refractivity contribution < 1.29 is 28.6 Å². The third kappa shape index (κ3) is 4.99. The molecule has 2 aliphatic heterocycles. The molecule has 0 radical (unpaired) electrons. The number of ketones is 1. The van der Waals surface area contributed by atoms with Crippen LogP contribution in [-0.4, -0.2) is 34.4 Å². The number of ether oxygens (including phenoxy) is 2. The number of hydrogen-bond acceptors (Lipinski definition) is 6. The normalized spacial score (nSPS) is 20.2. The van der Waals surface area contributed by atoms with E-state index in [2.05, 4.69) is 6.92 Å². The minimum absolute atomic E-state index is 0.0500. The van der Waals surface area contributed by atoms with Gasteiger partial charge in [-0.2, -0.15) is 0 Å². The third-order valence-electron chi connectivity index (χ3n) is 6.83. The first-order valence-electron chi connectivity index (χ1n) is 12.8. The van der Waals surface area contributed by atoms with Gasteiger partial charge in [-0.15, -0.1) is 0 Å². The average molecular weight is 502 g/mol. The second-order valence-corrected chi connectivity index (χ2v) is 9.59. The van der Waals surface area contributed by atoms with Gasteiger partial charge in [0, 0.05) is 12.0 Å². The minimum atomic E-state index is -0.775. The number of nitrogens with zero attached hydrogens (tertiary/aromatic N) is 1. The Morgan fingerprint density at radius 2 is 1.92 bits per heavy atom. The molecule has 2 atom stereocenters. The van der Waals surface area contributed by atoms with Crippen LogP contribution >= 0.6 is 0 Å². The Morgan fingerprint density at radius 1 is 1.11 bits per heavy atom. The van der Waals surface area contributed by atoms with Crippen molar-refractivity contribution in [2.75, 3.05) is 6.61 Å². The molecular weight excluding hydrogens is 470 g/mol. The molecule has 0 spiro atoms. The lowest BCUT2D eigenvalue weighted by Gasteiger charge is -2.24. The van der Waals surface area contributed by atoms with E-state index in [1.54, 1.807) is 24.3 Å². The molecule has 2 aliphatic rings. The number of aliphatic hydroxyl groups excluding tert-OH is 1. The third-order valence-corrected chi connectivity index (χ3v) is 6.83. The van der Waals surface area contributed by atoms with E-state index in [-0.39, 0.29) is 24.0 Å². The van der Waals surface area contributed by atoms with Gasteiger partial charge in [-0.25, -0.2) is 0 Å². The van der Waals surface area contributed by atoms with Gasteiger partial charge in [0.15, 0.2) is 0 Å². The van der Waals surface area contributed by atoms with Gasteiger partial charge >= 0.3 is 0 Å². The van der Waals surface area contributed by atoms with Crippen LogP contribution in [0.1, 0.15) is 61.6 Å². The Labute approximate surface area is 216 Å². The number of amides is 1. The largest absolute Gasteiger partial charge is 0.507 e. The smallest absolute Gasteiger partial charge is 0.296 e. The van der Waals surface area contributed by atoms with Gasteiger partial charge in [0.25, 0.3) is 11.7 Å². The van der Waals surface area contributed by atoms with Crippen molar-refractivity contribution in [1.82, 2.24) is 4.90 Å². The van der Waals surface area contributed by atoms with E-state index in [0.717, 1.165) is 36.3 Å². The lowest BCUT2D eigenvalue weighted by Crippen LogP contribution is -2.29. The molecule has 0 saturated carbocycles. The Bertz CT molecular complexity index is 1310. The number of furan rings is 1. The molecule has 5 rings (SSSR count). The predicted molar refractivity (Wildman–Crippen MR) is 138 cm³/mol. The molecule has 1 N–H and O–H groups in total. The predicted octanol–water partition coefficient (Wildman–Crippen LogP) is 5.79. The zero-order chi connectivity index (χ0) is 25.9. The molecule has 37 heavy (non-hydrogen) atoms. The van der Waals surface area contributed by atoms with E-state index in [1.165, 1.54) is 11.2 Å². The van der Waals surface area contributed by atoms with Gasteiger partial charge in [-0.05, 0) is 66.9 Å². The van der Waals surface area contributed by atoms with Crippen LogP contribution in [0.4, 0.5) is 0 Å². The van der Waals surface area contributed by atoms with Gasteiger partial charge in [0.05, 0.1) is 31.0 Å². The highest BCUT2D eigenvalue weighted by Gasteiger charge is 2.46. The van der Waals surface area contributed by atoms with E-state index >= 15 is 0 Å². The maximum atomic E-state index is 13.3. The summed E-state index contributed by atoms with van der Waals surface area (Å²) in [5.41, 5.74) is 2.20. The van der Waals surface area contributed by atoms with Crippen molar-refractivity contribution in [3.8, 4) is 11.5 Å². The van der Waals surface area contributed by atoms with E-state index in [4.69, 9.17) is 13.9 Å². The summed E-state index contributed by atoms with van der Waals surface area (Å²) in [7, 11) is 0. The summed E-state index contributed by atoms with van der Waals surface area (Å²) in [4.78, 5) is 28.0. The molecule has 1 amide bonds. The van der Waals surface area contributed by atoms with Crippen LogP contribution in [0.3, 0.4) is 0 Å². The summed E-state index contributed by atoms with van der Waals surface area (Å²) >= 11 is 0. The van der Waals surface area contributed by atoms with Crippen LogP contribution in [0.25, 0.3) is 5.76 Å². The van der Waals surface area contributed by atoms with Gasteiger partial charge in [-0.3, -0.25) is 9.59 Å². The van der Waals surface area contributed by atoms with Crippen LogP contribution < -0.4 is 9.47 Å². The quantitative estimate of drug-likeness (QED) is 0.173. The van der Waals surface area contributed by atoms with E-state index in [1.807, 2.05) is 37.3 Å². The number of fused-ring (bicyclic) bond motifs is 1. The maximum Gasteiger partial charge on any atom is 0.296 e. The average Bonchev–Trinajstić information content (AvgIpc) is 3.61. The first-order valence-corrected chi connectivity index (χ1v) is 12.8. The standard InChI is InChI=1S/C30H31NO6/c1-3-4-5-14-35-23-11-8-20(9-12-23)27-26(29(33)30(34)31(27)18-24-7-6-15-36-24)28(32)21-10-13-25-22(17-21)16-19(2)37-25/h6-13,15,17,19,27,32H,3-5,14,16,18H2,1-2H3/t19-,27-/m0/s1. The van der Waals surface area contributed by atoms with E-state index < -0.39 is 17.7 Å². The molecule has 1 fully saturated rings. The summed E-state index contributed by atoms with van der Waals surface area (Å²) in [6, 6.07) is 15.4. The maximum absolute atomic E-state index is 13.3. The van der Waals surface area contributed by atoms with Crippen molar-refractivity contribution in [2.24, 2.45) is 0 Å². The first-order chi connectivity index (χ1) is 18.0. The number of Topliss-reactive ketones (excluding diaryl/α,β-unsaturated/α-hetero) is 1. The van der Waals surface area contributed by atoms with Crippen molar-refractivity contribution in [3.05, 3.63) is 88.9 Å². The van der Waals surface area contributed by atoms with Crippen molar-refractivity contribution in [3.63, 3.8) is 0 Å². The fourth-order valence-electron chi connectivity index (χ4n) is 4.97. The Balaban J connectivity index is 1.52. The zero-order valence-electron chi connectivity index (χ0n) is 21.1. The highest BCUT2D eigenvalue weighted by molar-refractivity contribution is 6.46. The molecule has 3 aromatic rings. The Kier molecular flexibility index (Phi) is 7.04. The molecule has 1 saturated heterocycles. The van der Waals surface area contributed by atoms with Crippen LogP contribution in [0.15, 0.2) is 70.9 Å². The van der Waals surface area contributed by atoms with Crippen LogP contribution in [0.5, 0.6) is 11.5 Å². The molecule has 0 aliphatic carbocycles. The highest BCUT2D eigenvalue weighted by atomic mass is 16.5. The Hall–Kier alpha value is -4.00. The lowest BCUT2D eigenvalue weighted by atomic mass is 9.94. The SMILES string of the molecule is CCCCCOc1ccc([C@H]2C(=C(O)c3ccc4c(c3)C[C@H](C)O4)C(=O)C(=O)N2Cc2ccco2)cc1. The van der Waals surface area contributed by atoms with Crippen LogP contribution in [0, 0.1) is 0 Å². The topological polar surface area (TPSA) is 89.2 Å². The molecule has 2 aromatic carbocycles. The molecule has 7 heteroatoms. The summed E-state index contributed by atoms with van der Waals surface area (Å²) in [5.74, 6) is 0.433. The molecule has 0 bridgehead atoms. The van der Waals surface area contributed by atoms with E-state index in [0.29, 0.717) is 29.9 Å². The van der Waals surface area contributed by atoms with E-state index in [9.17, 15) is 14.7 Å². The molecular formula is C30H31NO6. The fraction of sp³-hybridized carbons (Fsp3) is 0.333. The van der Waals surface area contributed by atoms with Gasteiger partial charge in [-0.1, -0.05) is 31.9 Å². The minimum Gasteiger partial charge on any atom is -0.507 e. The van der Waals surface area contributed by atoms with Crippen molar-refractivity contribution in [2.45, 2.75) is 58.2 Å². The second kappa shape index (κ2) is 10.5. The number of rotatable bonds is 9. The van der Waals surface area contributed by atoms with Gasteiger partial charge < -0.3 is 23.9 Å². The van der Waals surface area contributed by atoms with Gasteiger partial charge in [0.2, 0.25) is 0 Å². The number of aliphatic hydroxyl groups is 1.